The summed E-state index contributed by atoms with van der Waals surface area (Å²) in [5, 5.41) is 3.41. The molecule has 0 saturated heterocycles. The summed E-state index contributed by atoms with van der Waals surface area (Å²) < 4.78 is 0.826. The number of carbonyl (C=O) groups is 1. The number of anilines is 1. The first-order chi connectivity index (χ1) is 10.0. The highest BCUT2D eigenvalue weighted by molar-refractivity contribution is 9.10. The summed E-state index contributed by atoms with van der Waals surface area (Å²) >= 11 is 9.47. The molecule has 1 atom stereocenters. The van der Waals surface area contributed by atoms with Crippen LogP contribution in [0.1, 0.15) is 42.1 Å². The molecule has 0 heterocycles. The molecular formula is C17H17BrClNO. The number of hydrogen-bond donors (Lipinski definition) is 1. The zero-order valence-electron chi connectivity index (χ0n) is 12.0. The van der Waals surface area contributed by atoms with Crippen molar-refractivity contribution >= 4 is 39.1 Å². The zero-order chi connectivity index (χ0) is 15.4. The molecule has 4 heteroatoms. The SMILES string of the molecule is CC[C@@H](C)c1ccccc1NC(=O)c1cc(Br)ccc1Cl. The Morgan fingerprint density at radius 1 is 1.29 bits per heavy atom. The van der Waals surface area contributed by atoms with Crippen LogP contribution in [0, 0.1) is 0 Å². The molecule has 110 valence electrons. The van der Waals surface area contributed by atoms with E-state index in [4.69, 9.17) is 11.6 Å². The fourth-order valence-corrected chi connectivity index (χ4v) is 2.69. The van der Waals surface area contributed by atoms with E-state index in [-0.39, 0.29) is 5.91 Å². The van der Waals surface area contributed by atoms with Crippen molar-refractivity contribution in [2.75, 3.05) is 5.32 Å². The van der Waals surface area contributed by atoms with Crippen LogP contribution < -0.4 is 5.32 Å². The van der Waals surface area contributed by atoms with Crippen LogP contribution in [0.4, 0.5) is 5.69 Å². The Balaban J connectivity index is 2.30. The zero-order valence-corrected chi connectivity index (χ0v) is 14.3. The maximum atomic E-state index is 12.4. The van der Waals surface area contributed by atoms with E-state index in [1.807, 2.05) is 30.3 Å². The molecule has 2 aromatic rings. The van der Waals surface area contributed by atoms with Crippen molar-refractivity contribution in [2.45, 2.75) is 26.2 Å². The molecule has 0 aliphatic heterocycles. The van der Waals surface area contributed by atoms with Gasteiger partial charge in [0, 0.05) is 10.2 Å². The lowest BCUT2D eigenvalue weighted by Crippen LogP contribution is -2.14. The second kappa shape index (κ2) is 7.10. The minimum Gasteiger partial charge on any atom is -0.322 e. The molecular weight excluding hydrogens is 350 g/mol. The average Bonchev–Trinajstić information content (AvgIpc) is 2.49. The van der Waals surface area contributed by atoms with Crippen molar-refractivity contribution in [3.8, 4) is 0 Å². The predicted molar refractivity (Wildman–Crippen MR) is 92.3 cm³/mol. The first-order valence-corrected chi connectivity index (χ1v) is 8.05. The second-order valence-corrected chi connectivity index (χ2v) is 6.30. The summed E-state index contributed by atoms with van der Waals surface area (Å²) in [4.78, 5) is 12.4. The number of benzene rings is 2. The van der Waals surface area contributed by atoms with Crippen LogP contribution in [0.3, 0.4) is 0 Å². The molecule has 2 aromatic carbocycles. The predicted octanol–water partition coefficient (Wildman–Crippen LogP) is 5.87. The topological polar surface area (TPSA) is 29.1 Å². The minimum atomic E-state index is -0.197. The molecule has 0 aliphatic rings. The second-order valence-electron chi connectivity index (χ2n) is 4.97. The van der Waals surface area contributed by atoms with Gasteiger partial charge in [-0.3, -0.25) is 4.79 Å². The first kappa shape index (κ1) is 16.1. The number of para-hydroxylation sites is 1. The van der Waals surface area contributed by atoms with Gasteiger partial charge in [-0.2, -0.15) is 0 Å². The monoisotopic (exact) mass is 365 g/mol. The molecule has 2 rings (SSSR count). The molecule has 0 spiro atoms. The Bertz CT molecular complexity index is 657. The molecule has 0 fully saturated rings. The molecule has 0 bridgehead atoms. The van der Waals surface area contributed by atoms with Gasteiger partial charge < -0.3 is 5.32 Å². The lowest BCUT2D eigenvalue weighted by molar-refractivity contribution is 0.102. The first-order valence-electron chi connectivity index (χ1n) is 6.88. The quantitative estimate of drug-likeness (QED) is 0.720. The van der Waals surface area contributed by atoms with Gasteiger partial charge in [-0.25, -0.2) is 0 Å². The third-order valence-electron chi connectivity index (χ3n) is 3.53. The van der Waals surface area contributed by atoms with E-state index in [0.717, 1.165) is 22.1 Å². The Morgan fingerprint density at radius 2 is 2.00 bits per heavy atom. The summed E-state index contributed by atoms with van der Waals surface area (Å²) in [6, 6.07) is 13.1. The maximum Gasteiger partial charge on any atom is 0.257 e. The largest absolute Gasteiger partial charge is 0.322 e. The smallest absolute Gasteiger partial charge is 0.257 e. The molecule has 1 N–H and O–H groups in total. The van der Waals surface area contributed by atoms with Gasteiger partial charge in [-0.15, -0.1) is 0 Å². The highest BCUT2D eigenvalue weighted by Gasteiger charge is 2.14. The number of amides is 1. The third-order valence-corrected chi connectivity index (χ3v) is 4.35. The number of hydrogen-bond acceptors (Lipinski definition) is 1. The van der Waals surface area contributed by atoms with Crippen molar-refractivity contribution in [2.24, 2.45) is 0 Å². The van der Waals surface area contributed by atoms with Crippen molar-refractivity contribution in [3.63, 3.8) is 0 Å². The third kappa shape index (κ3) is 3.86. The van der Waals surface area contributed by atoms with Gasteiger partial charge in [0.1, 0.15) is 0 Å². The molecule has 0 unspecified atom stereocenters. The summed E-state index contributed by atoms with van der Waals surface area (Å²) in [6.45, 7) is 4.28. The summed E-state index contributed by atoms with van der Waals surface area (Å²) in [6.07, 6.45) is 1.02. The van der Waals surface area contributed by atoms with E-state index in [1.54, 1.807) is 12.1 Å². The number of halogens is 2. The number of nitrogens with one attached hydrogen (secondary N) is 1. The molecule has 0 radical (unpaired) electrons. The highest BCUT2D eigenvalue weighted by Crippen LogP contribution is 2.28. The van der Waals surface area contributed by atoms with E-state index in [1.165, 1.54) is 0 Å². The van der Waals surface area contributed by atoms with Crippen LogP contribution in [0.25, 0.3) is 0 Å². The Hall–Kier alpha value is -1.32. The standard InChI is InChI=1S/C17H17BrClNO/c1-3-11(2)13-6-4-5-7-16(13)20-17(21)14-10-12(18)8-9-15(14)19/h4-11H,3H2,1-2H3,(H,20,21)/t11-/m1/s1. The van der Waals surface area contributed by atoms with E-state index >= 15 is 0 Å². The maximum absolute atomic E-state index is 12.4. The van der Waals surface area contributed by atoms with Crippen molar-refractivity contribution < 1.29 is 4.79 Å². The lowest BCUT2D eigenvalue weighted by atomic mass is 9.97. The van der Waals surface area contributed by atoms with Gasteiger partial charge in [-0.05, 0) is 42.2 Å². The molecule has 0 saturated carbocycles. The van der Waals surface area contributed by atoms with Gasteiger partial charge in [0.25, 0.3) is 5.91 Å². The lowest BCUT2D eigenvalue weighted by Gasteiger charge is -2.16. The van der Waals surface area contributed by atoms with Crippen LogP contribution in [0.5, 0.6) is 0 Å². The van der Waals surface area contributed by atoms with Crippen molar-refractivity contribution in [1.82, 2.24) is 0 Å². The molecule has 21 heavy (non-hydrogen) atoms. The van der Waals surface area contributed by atoms with Crippen LogP contribution in [-0.2, 0) is 0 Å². The van der Waals surface area contributed by atoms with Crippen LogP contribution in [-0.4, -0.2) is 5.91 Å². The molecule has 0 aliphatic carbocycles. The summed E-state index contributed by atoms with van der Waals surface area (Å²) in [5.74, 6) is 0.191. The van der Waals surface area contributed by atoms with Gasteiger partial charge >= 0.3 is 0 Å². The van der Waals surface area contributed by atoms with E-state index < -0.39 is 0 Å². The van der Waals surface area contributed by atoms with E-state index in [9.17, 15) is 4.79 Å². The fourth-order valence-electron chi connectivity index (χ4n) is 2.12. The summed E-state index contributed by atoms with van der Waals surface area (Å²) in [7, 11) is 0. The molecule has 2 nitrogen and oxygen atoms in total. The van der Waals surface area contributed by atoms with E-state index in [2.05, 4.69) is 35.1 Å². The normalized spacial score (nSPS) is 12.0. The van der Waals surface area contributed by atoms with Gasteiger partial charge in [0.05, 0.1) is 10.6 Å². The Kier molecular flexibility index (Phi) is 5.43. The van der Waals surface area contributed by atoms with Crippen molar-refractivity contribution in [1.29, 1.82) is 0 Å². The van der Waals surface area contributed by atoms with Gasteiger partial charge in [0.15, 0.2) is 0 Å². The average molecular weight is 367 g/mol. The number of rotatable bonds is 4. The molecule has 1 amide bonds. The summed E-state index contributed by atoms with van der Waals surface area (Å²) in [5.41, 5.74) is 2.44. The van der Waals surface area contributed by atoms with Gasteiger partial charge in [0.2, 0.25) is 0 Å². The van der Waals surface area contributed by atoms with Crippen LogP contribution in [0.15, 0.2) is 46.9 Å². The molecule has 0 aromatic heterocycles. The van der Waals surface area contributed by atoms with Crippen LogP contribution >= 0.6 is 27.5 Å². The van der Waals surface area contributed by atoms with E-state index in [0.29, 0.717) is 16.5 Å². The Labute approximate surface area is 138 Å². The number of carbonyl (C=O) groups excluding carboxylic acids is 1. The Morgan fingerprint density at radius 3 is 2.71 bits per heavy atom. The highest BCUT2D eigenvalue weighted by atomic mass is 79.9. The fraction of sp³-hybridized carbons (Fsp3) is 0.235. The minimum absolute atomic E-state index is 0.197. The van der Waals surface area contributed by atoms with Gasteiger partial charge in [-0.1, -0.05) is 59.6 Å². The van der Waals surface area contributed by atoms with Crippen molar-refractivity contribution in [3.05, 3.63) is 63.1 Å². The van der Waals surface area contributed by atoms with Crippen LogP contribution in [0.2, 0.25) is 5.02 Å².